The SMILES string of the molecule is CCOCc1nc(NC)cc(-c2cscc2Br)n1. The van der Waals surface area contributed by atoms with Gasteiger partial charge in [0, 0.05) is 40.5 Å². The van der Waals surface area contributed by atoms with Gasteiger partial charge in [-0.2, -0.15) is 11.3 Å². The molecule has 2 aromatic heterocycles. The molecule has 0 radical (unpaired) electrons. The van der Waals surface area contributed by atoms with Gasteiger partial charge in [0.25, 0.3) is 0 Å². The predicted octanol–water partition coefficient (Wildman–Crippen LogP) is 3.55. The maximum Gasteiger partial charge on any atom is 0.157 e. The van der Waals surface area contributed by atoms with Crippen LogP contribution >= 0.6 is 27.3 Å². The number of hydrogen-bond acceptors (Lipinski definition) is 5. The van der Waals surface area contributed by atoms with Crippen molar-refractivity contribution < 1.29 is 4.74 Å². The summed E-state index contributed by atoms with van der Waals surface area (Å²) < 4.78 is 6.41. The number of ether oxygens (including phenoxy) is 1. The zero-order valence-corrected chi connectivity index (χ0v) is 12.6. The van der Waals surface area contributed by atoms with Crippen LogP contribution in [0.5, 0.6) is 0 Å². The van der Waals surface area contributed by atoms with E-state index in [0.717, 1.165) is 21.5 Å². The molecule has 0 saturated carbocycles. The summed E-state index contributed by atoms with van der Waals surface area (Å²) >= 11 is 5.16. The lowest BCUT2D eigenvalue weighted by molar-refractivity contribution is 0.128. The van der Waals surface area contributed by atoms with Gasteiger partial charge in [0.1, 0.15) is 12.4 Å². The summed E-state index contributed by atoms with van der Waals surface area (Å²) in [5.41, 5.74) is 1.98. The summed E-state index contributed by atoms with van der Waals surface area (Å²) in [4.78, 5) is 8.89. The Kier molecular flexibility index (Phi) is 4.68. The van der Waals surface area contributed by atoms with Crippen LogP contribution < -0.4 is 5.32 Å². The number of anilines is 1. The van der Waals surface area contributed by atoms with E-state index in [1.54, 1.807) is 11.3 Å². The van der Waals surface area contributed by atoms with E-state index in [9.17, 15) is 0 Å². The molecule has 0 fully saturated rings. The van der Waals surface area contributed by atoms with E-state index < -0.39 is 0 Å². The van der Waals surface area contributed by atoms with E-state index in [-0.39, 0.29) is 0 Å². The van der Waals surface area contributed by atoms with Gasteiger partial charge in [0.15, 0.2) is 5.82 Å². The van der Waals surface area contributed by atoms with Crippen molar-refractivity contribution in [3.8, 4) is 11.3 Å². The average molecular weight is 328 g/mol. The molecule has 0 aliphatic heterocycles. The van der Waals surface area contributed by atoms with Crippen LogP contribution in [0.3, 0.4) is 0 Å². The number of hydrogen-bond donors (Lipinski definition) is 1. The first kappa shape index (κ1) is 13.5. The molecular formula is C12H14BrN3OS. The van der Waals surface area contributed by atoms with Gasteiger partial charge < -0.3 is 10.1 Å². The molecule has 2 heterocycles. The first-order valence-corrected chi connectivity index (χ1v) is 7.33. The standard InChI is InChI=1S/C12H14BrN3OS/c1-3-17-5-12-15-10(4-11(14-2)16-12)8-6-18-7-9(8)13/h4,6-7H,3,5H2,1-2H3,(H,14,15,16). The van der Waals surface area contributed by atoms with Crippen molar-refractivity contribution in [1.29, 1.82) is 0 Å². The minimum atomic E-state index is 0.431. The zero-order valence-electron chi connectivity index (χ0n) is 10.2. The van der Waals surface area contributed by atoms with Gasteiger partial charge in [0.05, 0.1) is 5.69 Å². The second-order valence-corrected chi connectivity index (χ2v) is 5.17. The summed E-state index contributed by atoms with van der Waals surface area (Å²) in [6.45, 7) is 3.05. The van der Waals surface area contributed by atoms with Gasteiger partial charge in [-0.25, -0.2) is 9.97 Å². The quantitative estimate of drug-likeness (QED) is 0.912. The molecule has 6 heteroatoms. The number of halogens is 1. The highest BCUT2D eigenvalue weighted by atomic mass is 79.9. The highest BCUT2D eigenvalue weighted by Crippen LogP contribution is 2.31. The molecule has 18 heavy (non-hydrogen) atoms. The van der Waals surface area contributed by atoms with Gasteiger partial charge >= 0.3 is 0 Å². The van der Waals surface area contributed by atoms with Crippen LogP contribution in [-0.4, -0.2) is 23.6 Å². The van der Waals surface area contributed by atoms with Crippen molar-refractivity contribution >= 4 is 33.1 Å². The van der Waals surface area contributed by atoms with Gasteiger partial charge in [-0.1, -0.05) is 0 Å². The van der Waals surface area contributed by atoms with Crippen molar-refractivity contribution in [1.82, 2.24) is 9.97 Å². The van der Waals surface area contributed by atoms with Crippen molar-refractivity contribution in [2.75, 3.05) is 19.0 Å². The Morgan fingerprint density at radius 1 is 1.39 bits per heavy atom. The summed E-state index contributed by atoms with van der Waals surface area (Å²) in [6, 6.07) is 1.93. The van der Waals surface area contributed by atoms with Crippen LogP contribution in [0.15, 0.2) is 21.3 Å². The fourth-order valence-electron chi connectivity index (χ4n) is 1.49. The van der Waals surface area contributed by atoms with Crippen molar-refractivity contribution in [3.05, 3.63) is 27.1 Å². The molecule has 0 aromatic carbocycles. The third kappa shape index (κ3) is 3.07. The Balaban J connectivity index is 2.38. The summed E-state index contributed by atoms with van der Waals surface area (Å²) in [5, 5.41) is 7.15. The smallest absolute Gasteiger partial charge is 0.157 e. The molecule has 0 bridgehead atoms. The van der Waals surface area contributed by atoms with Crippen LogP contribution in [-0.2, 0) is 11.3 Å². The Morgan fingerprint density at radius 2 is 2.22 bits per heavy atom. The van der Waals surface area contributed by atoms with E-state index in [2.05, 4.69) is 36.6 Å². The van der Waals surface area contributed by atoms with E-state index in [1.165, 1.54) is 0 Å². The third-order valence-corrected chi connectivity index (χ3v) is 4.06. The molecule has 1 N–H and O–H groups in total. The van der Waals surface area contributed by atoms with Crippen LogP contribution in [0.4, 0.5) is 5.82 Å². The van der Waals surface area contributed by atoms with Gasteiger partial charge in [-0.15, -0.1) is 0 Å². The molecule has 4 nitrogen and oxygen atoms in total. The molecule has 0 atom stereocenters. The van der Waals surface area contributed by atoms with Crippen molar-refractivity contribution in [3.63, 3.8) is 0 Å². The Morgan fingerprint density at radius 3 is 2.83 bits per heavy atom. The fourth-order valence-corrected chi connectivity index (χ4v) is 2.98. The number of aromatic nitrogens is 2. The second-order valence-electron chi connectivity index (χ2n) is 3.58. The number of nitrogens with zero attached hydrogens (tertiary/aromatic N) is 2. The van der Waals surface area contributed by atoms with Crippen LogP contribution in [0, 0.1) is 0 Å². The highest BCUT2D eigenvalue weighted by Gasteiger charge is 2.09. The second kappa shape index (κ2) is 6.26. The van der Waals surface area contributed by atoms with Crippen LogP contribution in [0.1, 0.15) is 12.7 Å². The molecule has 0 unspecified atom stereocenters. The zero-order chi connectivity index (χ0) is 13.0. The molecule has 0 aliphatic rings. The third-order valence-electron chi connectivity index (χ3n) is 2.35. The van der Waals surface area contributed by atoms with Gasteiger partial charge in [-0.05, 0) is 22.9 Å². The molecular weight excluding hydrogens is 314 g/mol. The first-order valence-electron chi connectivity index (χ1n) is 5.60. The molecule has 0 spiro atoms. The van der Waals surface area contributed by atoms with Crippen LogP contribution in [0.25, 0.3) is 11.3 Å². The Bertz CT molecular complexity index is 530. The molecule has 2 aromatic rings. The molecule has 2 rings (SSSR count). The summed E-state index contributed by atoms with van der Waals surface area (Å²) in [7, 11) is 1.85. The minimum absolute atomic E-state index is 0.431. The molecule has 96 valence electrons. The first-order chi connectivity index (χ1) is 8.74. The van der Waals surface area contributed by atoms with E-state index in [1.807, 2.05) is 25.4 Å². The van der Waals surface area contributed by atoms with E-state index in [0.29, 0.717) is 19.0 Å². The fraction of sp³-hybridized carbons (Fsp3) is 0.333. The normalized spacial score (nSPS) is 10.6. The number of thiophene rings is 1. The average Bonchev–Trinajstić information content (AvgIpc) is 2.82. The van der Waals surface area contributed by atoms with Crippen molar-refractivity contribution in [2.24, 2.45) is 0 Å². The largest absolute Gasteiger partial charge is 0.374 e. The topological polar surface area (TPSA) is 47.0 Å². The lowest BCUT2D eigenvalue weighted by Gasteiger charge is -2.07. The molecule has 0 aliphatic carbocycles. The predicted molar refractivity (Wildman–Crippen MR) is 77.9 cm³/mol. The number of rotatable bonds is 5. The maximum absolute atomic E-state index is 5.36. The molecule has 0 amide bonds. The minimum Gasteiger partial charge on any atom is -0.374 e. The Hall–Kier alpha value is -0.980. The van der Waals surface area contributed by atoms with E-state index >= 15 is 0 Å². The number of nitrogens with one attached hydrogen (secondary N) is 1. The molecule has 0 saturated heterocycles. The monoisotopic (exact) mass is 327 g/mol. The lowest BCUT2D eigenvalue weighted by Crippen LogP contribution is -2.03. The highest BCUT2D eigenvalue weighted by molar-refractivity contribution is 9.10. The summed E-state index contributed by atoms with van der Waals surface area (Å²) in [6.07, 6.45) is 0. The summed E-state index contributed by atoms with van der Waals surface area (Å²) in [5.74, 6) is 1.49. The van der Waals surface area contributed by atoms with Crippen LogP contribution in [0.2, 0.25) is 0 Å². The Labute approximate surface area is 119 Å². The van der Waals surface area contributed by atoms with Gasteiger partial charge in [-0.3, -0.25) is 0 Å². The maximum atomic E-state index is 5.36. The van der Waals surface area contributed by atoms with E-state index in [4.69, 9.17) is 4.74 Å². The van der Waals surface area contributed by atoms with Crippen molar-refractivity contribution in [2.45, 2.75) is 13.5 Å². The lowest BCUT2D eigenvalue weighted by atomic mass is 10.2. The van der Waals surface area contributed by atoms with Gasteiger partial charge in [0.2, 0.25) is 0 Å².